The van der Waals surface area contributed by atoms with E-state index in [4.69, 9.17) is 9.47 Å². The second-order valence-corrected chi connectivity index (χ2v) is 8.83. The van der Waals surface area contributed by atoms with E-state index >= 15 is 0 Å². The molecule has 1 heterocycles. The number of carbonyl (C=O) groups excluding carboxylic acids is 2. The highest BCUT2D eigenvalue weighted by Gasteiger charge is 2.27. The van der Waals surface area contributed by atoms with Crippen LogP contribution in [-0.2, 0) is 11.2 Å². The Kier molecular flexibility index (Phi) is 5.99. The molecule has 0 saturated heterocycles. The molecule has 7 heteroatoms. The Hall–Kier alpha value is -3.61. The highest BCUT2D eigenvalue weighted by molar-refractivity contribution is 5.87. The Morgan fingerprint density at radius 3 is 2.62 bits per heavy atom. The molecule has 1 amide bonds. The van der Waals surface area contributed by atoms with E-state index in [1.54, 1.807) is 18.3 Å². The molecule has 0 radical (unpaired) electrons. The summed E-state index contributed by atoms with van der Waals surface area (Å²) in [6.45, 7) is 5.49. The van der Waals surface area contributed by atoms with E-state index in [2.05, 4.69) is 16.4 Å². The number of amides is 1. The fraction of sp³-hybridized carbons (Fsp3) is 0.320. The van der Waals surface area contributed by atoms with Crippen molar-refractivity contribution in [1.82, 2.24) is 9.55 Å². The largest absolute Gasteiger partial charge is 0.443 e. The predicted molar refractivity (Wildman–Crippen MR) is 121 cm³/mol. The van der Waals surface area contributed by atoms with Gasteiger partial charge in [-0.2, -0.15) is 0 Å². The first-order valence-electron chi connectivity index (χ1n) is 10.7. The molecule has 166 valence electrons. The summed E-state index contributed by atoms with van der Waals surface area (Å²) in [5.41, 5.74) is 3.14. The van der Waals surface area contributed by atoms with Crippen LogP contribution in [0.15, 0.2) is 61.1 Å². The van der Waals surface area contributed by atoms with Gasteiger partial charge in [0.05, 0.1) is 5.69 Å². The van der Waals surface area contributed by atoms with Gasteiger partial charge in [0.2, 0.25) is 0 Å². The summed E-state index contributed by atoms with van der Waals surface area (Å²) in [5, 5.41) is 2.88. The van der Waals surface area contributed by atoms with E-state index < -0.39 is 17.8 Å². The van der Waals surface area contributed by atoms with Crippen LogP contribution in [0.4, 0.5) is 15.3 Å². The normalized spacial score (nSPS) is 15.5. The van der Waals surface area contributed by atoms with Gasteiger partial charge < -0.3 is 9.47 Å². The molecule has 4 rings (SSSR count). The highest BCUT2D eigenvalue weighted by Crippen LogP contribution is 2.39. The molecule has 3 aromatic rings. The Bertz CT molecular complexity index is 1120. The van der Waals surface area contributed by atoms with Crippen LogP contribution in [0.5, 0.6) is 5.75 Å². The number of nitrogens with zero attached hydrogens (tertiary/aromatic N) is 2. The van der Waals surface area contributed by atoms with Gasteiger partial charge in [-0.25, -0.2) is 19.1 Å². The van der Waals surface area contributed by atoms with E-state index in [0.29, 0.717) is 5.75 Å². The molecule has 1 aromatic heterocycles. The topological polar surface area (TPSA) is 82.5 Å². The molecule has 0 spiro atoms. The van der Waals surface area contributed by atoms with Crippen molar-refractivity contribution in [2.75, 3.05) is 5.32 Å². The smallest absolute Gasteiger partial charge is 0.419 e. The average molecular weight is 434 g/mol. The molecule has 1 atom stereocenters. The number of nitrogens with one attached hydrogen (secondary N) is 1. The van der Waals surface area contributed by atoms with Gasteiger partial charge in [-0.1, -0.05) is 30.3 Å². The van der Waals surface area contributed by atoms with Crippen LogP contribution in [0, 0.1) is 0 Å². The van der Waals surface area contributed by atoms with Gasteiger partial charge in [0.25, 0.3) is 0 Å². The van der Waals surface area contributed by atoms with Gasteiger partial charge >= 0.3 is 12.2 Å². The van der Waals surface area contributed by atoms with Gasteiger partial charge in [-0.05, 0) is 69.4 Å². The quantitative estimate of drug-likeness (QED) is 0.569. The van der Waals surface area contributed by atoms with Gasteiger partial charge in [0.15, 0.2) is 0 Å². The van der Waals surface area contributed by atoms with Crippen LogP contribution < -0.4 is 10.1 Å². The third-order valence-electron chi connectivity index (χ3n) is 5.26. The first-order valence-corrected chi connectivity index (χ1v) is 10.7. The summed E-state index contributed by atoms with van der Waals surface area (Å²) in [4.78, 5) is 29.3. The minimum atomic E-state index is -0.576. The number of hydrogen-bond acceptors (Lipinski definition) is 5. The van der Waals surface area contributed by atoms with Crippen LogP contribution in [0.1, 0.15) is 56.4 Å². The average Bonchev–Trinajstić information content (AvgIpc) is 3.23. The van der Waals surface area contributed by atoms with Crippen molar-refractivity contribution < 1.29 is 19.1 Å². The lowest BCUT2D eigenvalue weighted by atomic mass is 9.80. The third-order valence-corrected chi connectivity index (χ3v) is 5.26. The van der Waals surface area contributed by atoms with Gasteiger partial charge in [0, 0.05) is 17.8 Å². The van der Waals surface area contributed by atoms with Crippen molar-refractivity contribution in [1.29, 1.82) is 0 Å². The zero-order valence-corrected chi connectivity index (χ0v) is 18.5. The summed E-state index contributed by atoms with van der Waals surface area (Å²) >= 11 is 0. The summed E-state index contributed by atoms with van der Waals surface area (Å²) in [5.74, 6) is 0.523. The molecule has 2 aromatic carbocycles. The van der Waals surface area contributed by atoms with Crippen molar-refractivity contribution in [2.24, 2.45) is 0 Å². The fourth-order valence-corrected chi connectivity index (χ4v) is 3.94. The first kappa shape index (κ1) is 21.6. The second-order valence-electron chi connectivity index (χ2n) is 8.83. The molecule has 1 N–H and O–H groups in total. The summed E-state index contributed by atoms with van der Waals surface area (Å²) in [6, 6.07) is 14.8. The Labute approximate surface area is 187 Å². The number of hydrogen-bond donors (Lipinski definition) is 1. The van der Waals surface area contributed by atoms with Crippen molar-refractivity contribution in [3.8, 4) is 5.75 Å². The highest BCUT2D eigenvalue weighted by atomic mass is 16.6. The summed E-state index contributed by atoms with van der Waals surface area (Å²) < 4.78 is 12.2. The molecule has 1 aliphatic rings. The van der Waals surface area contributed by atoms with Gasteiger partial charge in [-0.3, -0.25) is 5.32 Å². The van der Waals surface area contributed by atoms with E-state index in [1.807, 2.05) is 51.1 Å². The molecule has 1 unspecified atom stereocenters. The maximum Gasteiger partial charge on any atom is 0.419 e. The number of carbonyl (C=O) groups is 2. The van der Waals surface area contributed by atoms with E-state index in [9.17, 15) is 9.59 Å². The Balaban J connectivity index is 1.53. The van der Waals surface area contributed by atoms with Crippen molar-refractivity contribution >= 4 is 17.9 Å². The number of aromatic nitrogens is 2. The Morgan fingerprint density at radius 2 is 1.88 bits per heavy atom. The van der Waals surface area contributed by atoms with Crippen LogP contribution >= 0.6 is 0 Å². The number of ether oxygens (including phenoxy) is 2. The van der Waals surface area contributed by atoms with E-state index in [0.717, 1.165) is 41.8 Å². The monoisotopic (exact) mass is 433 g/mol. The maximum atomic E-state index is 12.4. The van der Waals surface area contributed by atoms with Gasteiger partial charge in [-0.15, -0.1) is 0 Å². The standard InChI is InChI=1S/C25H27N3O4/c1-25(2,3)32-24(30)28-15-22(26-16-28)20-13-7-12-19-18(20)11-8-14-21(19)27-23(29)31-17-9-5-4-6-10-17/h4-6,8-11,14-16,20H,7,12-13H2,1-3H3,(H,27,29). The zero-order valence-electron chi connectivity index (χ0n) is 18.5. The minimum Gasteiger partial charge on any atom is -0.443 e. The lowest BCUT2D eigenvalue weighted by molar-refractivity contribution is 0.0536. The number of fused-ring (bicyclic) bond motifs is 1. The predicted octanol–water partition coefficient (Wildman–Crippen LogP) is 5.75. The van der Waals surface area contributed by atoms with Crippen LogP contribution in [0.25, 0.3) is 0 Å². The second kappa shape index (κ2) is 8.86. The van der Waals surface area contributed by atoms with Crippen LogP contribution in [0.3, 0.4) is 0 Å². The summed E-state index contributed by atoms with van der Waals surface area (Å²) in [6.07, 6.45) is 4.96. The number of benzene rings is 2. The zero-order chi connectivity index (χ0) is 22.7. The molecule has 0 saturated carbocycles. The maximum absolute atomic E-state index is 12.4. The Morgan fingerprint density at radius 1 is 1.09 bits per heavy atom. The number of imidazole rings is 1. The molecule has 7 nitrogen and oxygen atoms in total. The molecule has 0 aliphatic heterocycles. The van der Waals surface area contributed by atoms with Gasteiger partial charge in [0.1, 0.15) is 17.7 Å². The number of para-hydroxylation sites is 1. The lowest BCUT2D eigenvalue weighted by Gasteiger charge is -2.26. The van der Waals surface area contributed by atoms with E-state index in [-0.39, 0.29) is 5.92 Å². The van der Waals surface area contributed by atoms with E-state index in [1.165, 1.54) is 10.9 Å². The summed E-state index contributed by atoms with van der Waals surface area (Å²) in [7, 11) is 0. The molecule has 0 bridgehead atoms. The van der Waals surface area contributed by atoms with Crippen molar-refractivity contribution in [3.63, 3.8) is 0 Å². The fourth-order valence-electron chi connectivity index (χ4n) is 3.94. The van der Waals surface area contributed by atoms with Crippen LogP contribution in [0.2, 0.25) is 0 Å². The SMILES string of the molecule is CC(C)(C)OC(=O)n1cnc(C2CCCc3c(NC(=O)Oc4ccccc4)cccc32)c1. The van der Waals surface area contributed by atoms with Crippen molar-refractivity contribution in [3.05, 3.63) is 77.9 Å². The minimum absolute atomic E-state index is 0.0364. The molecular weight excluding hydrogens is 406 g/mol. The molecule has 1 aliphatic carbocycles. The third kappa shape index (κ3) is 4.99. The molecule has 32 heavy (non-hydrogen) atoms. The van der Waals surface area contributed by atoms with Crippen LogP contribution in [-0.4, -0.2) is 27.3 Å². The molecular formula is C25H27N3O4. The number of rotatable bonds is 3. The lowest BCUT2D eigenvalue weighted by Crippen LogP contribution is -2.26. The molecule has 0 fully saturated rings. The first-order chi connectivity index (χ1) is 15.3. The number of anilines is 1. The van der Waals surface area contributed by atoms with Crippen molar-refractivity contribution in [2.45, 2.75) is 51.6 Å².